The summed E-state index contributed by atoms with van der Waals surface area (Å²) in [6.45, 7) is 8.75. The van der Waals surface area contributed by atoms with Gasteiger partial charge in [-0.2, -0.15) is 4.57 Å². The lowest BCUT2D eigenvalue weighted by atomic mass is 10.1. The van der Waals surface area contributed by atoms with Gasteiger partial charge in [0.2, 0.25) is 0 Å². The van der Waals surface area contributed by atoms with Crippen LogP contribution in [0.1, 0.15) is 25.8 Å². The smallest absolute Gasteiger partial charge is 0.282 e. The number of hydrogen-bond acceptors (Lipinski definition) is 4. The van der Waals surface area contributed by atoms with Crippen molar-refractivity contribution >= 4 is 40.2 Å². The van der Waals surface area contributed by atoms with Crippen molar-refractivity contribution in [3.05, 3.63) is 89.5 Å². The van der Waals surface area contributed by atoms with Crippen molar-refractivity contribution in [1.82, 2.24) is 0 Å². The van der Waals surface area contributed by atoms with Crippen molar-refractivity contribution in [2.75, 3.05) is 64.2 Å². The molecular weight excluding hydrogens is 512 g/mol. The minimum absolute atomic E-state index is 0.859. The summed E-state index contributed by atoms with van der Waals surface area (Å²) < 4.78 is 9.17. The van der Waals surface area contributed by atoms with Crippen molar-refractivity contribution in [2.24, 2.45) is 0 Å². The quantitative estimate of drug-likeness (QED) is 0.156. The average Bonchev–Trinajstić information content (AvgIpc) is 3.30. The van der Waals surface area contributed by atoms with Gasteiger partial charge in [0.05, 0.1) is 58.1 Å². The highest BCUT2D eigenvalue weighted by Crippen LogP contribution is 2.46. The molecule has 1 aliphatic rings. The first-order chi connectivity index (χ1) is 19.3. The molecule has 0 bridgehead atoms. The van der Waals surface area contributed by atoms with Gasteiger partial charge in [0.15, 0.2) is 0 Å². The van der Waals surface area contributed by atoms with Gasteiger partial charge in [-0.25, -0.2) is 0 Å². The first-order valence-electron chi connectivity index (χ1n) is 14.3. The third-order valence-corrected chi connectivity index (χ3v) is 9.25. The van der Waals surface area contributed by atoms with Crippen molar-refractivity contribution < 1.29 is 13.8 Å². The molecule has 0 saturated carbocycles. The number of quaternary nitrogens is 1. The van der Waals surface area contributed by atoms with Crippen LogP contribution in [0.4, 0.5) is 11.5 Å². The van der Waals surface area contributed by atoms with E-state index >= 15 is 0 Å². The maximum absolute atomic E-state index is 5.73. The van der Waals surface area contributed by atoms with Crippen LogP contribution in [0, 0.1) is 0 Å². The van der Waals surface area contributed by atoms with E-state index in [1.807, 2.05) is 11.8 Å². The molecule has 208 valence electrons. The van der Waals surface area contributed by atoms with Crippen LogP contribution >= 0.6 is 11.8 Å². The summed E-state index contributed by atoms with van der Waals surface area (Å²) in [6, 6.07) is 28.2. The van der Waals surface area contributed by atoms with Gasteiger partial charge in [-0.1, -0.05) is 42.1 Å². The molecule has 0 saturated heterocycles. The van der Waals surface area contributed by atoms with E-state index in [1.54, 1.807) is 7.11 Å². The lowest BCUT2D eigenvalue weighted by Gasteiger charge is -2.29. The van der Waals surface area contributed by atoms with E-state index in [0.717, 1.165) is 54.0 Å². The molecule has 0 N–H and O–H groups in total. The summed E-state index contributed by atoms with van der Waals surface area (Å²) in [5.74, 6) is 2.06. The SMILES string of the molecule is CCN(CCC[N+](C)(C)CC)c1cc(/C=C2\Sc3ccccc3N2C)c2ccc(OC)cc2[n+]1-c1ccccc1. The third kappa shape index (κ3) is 5.70. The molecule has 6 heteroatoms. The Balaban J connectivity index is 1.69. The molecule has 0 amide bonds. The molecule has 0 radical (unpaired) electrons. The van der Waals surface area contributed by atoms with E-state index in [4.69, 9.17) is 4.74 Å². The fraction of sp³-hybridized carbons (Fsp3) is 0.324. The molecule has 0 atom stereocenters. The van der Waals surface area contributed by atoms with Gasteiger partial charge in [-0.05, 0) is 61.9 Å². The van der Waals surface area contributed by atoms with E-state index < -0.39 is 0 Å². The number of benzene rings is 3. The van der Waals surface area contributed by atoms with Crippen LogP contribution in [0.2, 0.25) is 0 Å². The van der Waals surface area contributed by atoms with Gasteiger partial charge in [0, 0.05) is 35.9 Å². The first kappa shape index (κ1) is 28.1. The average molecular weight is 555 g/mol. The molecule has 1 aliphatic heterocycles. The minimum Gasteiger partial charge on any atom is -0.497 e. The van der Waals surface area contributed by atoms with Gasteiger partial charge in [-0.3, -0.25) is 4.90 Å². The van der Waals surface area contributed by atoms with Crippen LogP contribution in [0.15, 0.2) is 88.8 Å². The lowest BCUT2D eigenvalue weighted by molar-refractivity contribution is -0.888. The maximum atomic E-state index is 5.73. The molecule has 1 aromatic heterocycles. The minimum atomic E-state index is 0.859. The summed E-state index contributed by atoms with van der Waals surface area (Å²) in [5.41, 5.74) is 4.76. The van der Waals surface area contributed by atoms with E-state index in [9.17, 15) is 0 Å². The molecular formula is C34H42N4OS+2. The van der Waals surface area contributed by atoms with Crippen molar-refractivity contribution in [3.8, 4) is 11.4 Å². The molecule has 4 aromatic rings. The highest BCUT2D eigenvalue weighted by molar-refractivity contribution is 8.03. The number of ether oxygens (including phenoxy) is 1. The molecule has 5 nitrogen and oxygen atoms in total. The Hall–Kier alpha value is -3.48. The monoisotopic (exact) mass is 554 g/mol. The van der Waals surface area contributed by atoms with Crippen LogP contribution in [-0.2, 0) is 0 Å². The van der Waals surface area contributed by atoms with Gasteiger partial charge in [0.25, 0.3) is 5.82 Å². The highest BCUT2D eigenvalue weighted by Gasteiger charge is 2.27. The molecule has 2 heterocycles. The number of methoxy groups -OCH3 is 1. The summed E-state index contributed by atoms with van der Waals surface area (Å²) in [5, 5.41) is 2.43. The van der Waals surface area contributed by atoms with Crippen molar-refractivity contribution in [3.63, 3.8) is 0 Å². The predicted octanol–water partition coefficient (Wildman–Crippen LogP) is 6.98. The van der Waals surface area contributed by atoms with Gasteiger partial charge >= 0.3 is 0 Å². The fourth-order valence-corrected chi connectivity index (χ4v) is 6.44. The Bertz CT molecular complexity index is 1520. The number of hydrogen-bond donors (Lipinski definition) is 0. The third-order valence-electron chi connectivity index (χ3n) is 8.09. The van der Waals surface area contributed by atoms with Crippen molar-refractivity contribution in [1.29, 1.82) is 0 Å². The number of rotatable bonds is 10. The molecule has 3 aromatic carbocycles. The Morgan fingerprint density at radius 1 is 0.975 bits per heavy atom. The number of thioether (sulfide) groups is 1. The molecule has 0 fully saturated rings. The standard InChI is InChI=1S/C34H42N4OS/c1-7-36(21-14-22-38(4,5)8-2)33-23-26(24-34-35(3)30-17-12-13-18-32(30)40-34)29-20-19-28(39-6)25-31(29)37(33)27-15-10-9-11-16-27/h9-13,15-20,23-25H,7-8,14,21-22H2,1-6H3/q+2. The van der Waals surface area contributed by atoms with Gasteiger partial charge < -0.3 is 14.1 Å². The zero-order chi connectivity index (χ0) is 28.3. The topological polar surface area (TPSA) is 19.6 Å². The van der Waals surface area contributed by atoms with Gasteiger partial charge in [0.1, 0.15) is 17.0 Å². The van der Waals surface area contributed by atoms with E-state index in [2.05, 4.69) is 134 Å². The van der Waals surface area contributed by atoms with E-state index in [-0.39, 0.29) is 0 Å². The molecule has 5 rings (SSSR count). The molecule has 0 aliphatic carbocycles. The molecule has 40 heavy (non-hydrogen) atoms. The van der Waals surface area contributed by atoms with E-state index in [1.165, 1.54) is 32.4 Å². The lowest BCUT2D eigenvalue weighted by Crippen LogP contribution is -2.44. The number of aromatic nitrogens is 1. The second kappa shape index (κ2) is 11.9. The number of nitrogens with zero attached hydrogens (tertiary/aromatic N) is 4. The van der Waals surface area contributed by atoms with Crippen LogP contribution in [-0.4, -0.2) is 58.9 Å². The second-order valence-corrected chi connectivity index (χ2v) is 12.1. The fourth-order valence-electron chi connectivity index (χ4n) is 5.33. The van der Waals surface area contributed by atoms with E-state index in [0.29, 0.717) is 0 Å². The van der Waals surface area contributed by atoms with Crippen molar-refractivity contribution in [2.45, 2.75) is 25.2 Å². The highest BCUT2D eigenvalue weighted by atomic mass is 32.2. The normalized spacial score (nSPS) is 14.2. The second-order valence-electron chi connectivity index (χ2n) is 11.0. The Labute approximate surface area is 243 Å². The summed E-state index contributed by atoms with van der Waals surface area (Å²) >= 11 is 1.83. The first-order valence-corrected chi connectivity index (χ1v) is 15.1. The largest absolute Gasteiger partial charge is 0.497 e. The van der Waals surface area contributed by atoms with Crippen LogP contribution < -0.4 is 19.1 Å². The number of pyridine rings is 1. The summed E-state index contributed by atoms with van der Waals surface area (Å²) in [6.07, 6.45) is 3.48. The zero-order valence-electron chi connectivity index (χ0n) is 24.7. The van der Waals surface area contributed by atoms with Crippen LogP contribution in [0.5, 0.6) is 5.75 Å². The zero-order valence-corrected chi connectivity index (χ0v) is 25.5. The summed E-state index contributed by atoms with van der Waals surface area (Å²) in [4.78, 5) is 6.13. The van der Waals surface area contributed by atoms with Gasteiger partial charge in [-0.15, -0.1) is 0 Å². The van der Waals surface area contributed by atoms with Crippen LogP contribution in [0.3, 0.4) is 0 Å². The summed E-state index contributed by atoms with van der Waals surface area (Å²) in [7, 11) is 8.55. The Kier molecular flexibility index (Phi) is 8.38. The number of fused-ring (bicyclic) bond motifs is 2. The molecule has 0 spiro atoms. The molecule has 0 unspecified atom stereocenters. The van der Waals surface area contributed by atoms with Crippen LogP contribution in [0.25, 0.3) is 22.7 Å². The maximum Gasteiger partial charge on any atom is 0.282 e. The Morgan fingerprint density at radius 2 is 1.73 bits per heavy atom. The Morgan fingerprint density at radius 3 is 2.42 bits per heavy atom. The number of para-hydroxylation sites is 2. The number of anilines is 2. The predicted molar refractivity (Wildman–Crippen MR) is 171 cm³/mol.